The Morgan fingerprint density at radius 1 is 1.30 bits per heavy atom. The van der Waals surface area contributed by atoms with E-state index in [-0.39, 0.29) is 6.61 Å². The number of amides is 1. The van der Waals surface area contributed by atoms with Gasteiger partial charge >= 0.3 is 12.1 Å². The summed E-state index contributed by atoms with van der Waals surface area (Å²) in [7, 11) is 0. The molecule has 0 radical (unpaired) electrons. The van der Waals surface area contributed by atoms with Crippen LogP contribution >= 0.6 is 11.6 Å². The summed E-state index contributed by atoms with van der Waals surface area (Å²) in [5.41, 5.74) is 0.789. The molecule has 0 aromatic heterocycles. The normalized spacial score (nSPS) is 11.3. The molecule has 1 amide bonds. The van der Waals surface area contributed by atoms with Crippen molar-refractivity contribution < 1.29 is 23.8 Å². The van der Waals surface area contributed by atoms with Gasteiger partial charge in [0.05, 0.1) is 18.2 Å². The Kier molecular flexibility index (Phi) is 7.41. The Labute approximate surface area is 140 Å². The monoisotopic (exact) mass is 341 g/mol. The quantitative estimate of drug-likeness (QED) is 0.603. The second kappa shape index (κ2) is 9.05. The van der Waals surface area contributed by atoms with Crippen molar-refractivity contribution in [2.75, 3.05) is 18.5 Å². The third kappa shape index (κ3) is 5.83. The highest BCUT2D eigenvalue weighted by Gasteiger charge is 2.25. The lowest BCUT2D eigenvalue weighted by atomic mass is 10.2. The summed E-state index contributed by atoms with van der Waals surface area (Å²) < 4.78 is 15.2. The number of hydrogen-bond acceptors (Lipinski definition) is 5. The van der Waals surface area contributed by atoms with Crippen molar-refractivity contribution in [2.24, 2.45) is 0 Å². The molecule has 0 heterocycles. The van der Waals surface area contributed by atoms with Crippen LogP contribution < -0.4 is 10.1 Å². The minimum absolute atomic E-state index is 0.183. The predicted octanol–water partition coefficient (Wildman–Crippen LogP) is 3.80. The van der Waals surface area contributed by atoms with Crippen LogP contribution in [0.3, 0.4) is 0 Å². The summed E-state index contributed by atoms with van der Waals surface area (Å²) >= 11 is 5.97. The van der Waals surface area contributed by atoms with E-state index in [1.807, 2.05) is 6.92 Å². The van der Waals surface area contributed by atoms with Crippen molar-refractivity contribution in [1.29, 1.82) is 0 Å². The largest absolute Gasteiger partial charge is 0.492 e. The van der Waals surface area contributed by atoms with Crippen LogP contribution in [0.25, 0.3) is 0 Å². The first-order valence-electron chi connectivity index (χ1n) is 7.11. The van der Waals surface area contributed by atoms with E-state index in [4.69, 9.17) is 25.8 Å². The molecule has 0 aliphatic rings. The van der Waals surface area contributed by atoms with Crippen LogP contribution in [0, 0.1) is 0 Å². The molecule has 0 saturated carbocycles. The van der Waals surface area contributed by atoms with Crippen LogP contribution in [0.4, 0.5) is 10.5 Å². The Bertz CT molecular complexity index is 588. The molecule has 0 aliphatic carbocycles. The third-order valence-electron chi connectivity index (χ3n) is 2.65. The van der Waals surface area contributed by atoms with Crippen molar-refractivity contribution in [3.05, 3.63) is 35.4 Å². The number of carbonyl (C=O) groups excluding carboxylic acids is 2. The van der Waals surface area contributed by atoms with Gasteiger partial charge in [0.15, 0.2) is 0 Å². The predicted molar refractivity (Wildman–Crippen MR) is 88.0 cm³/mol. The van der Waals surface area contributed by atoms with Gasteiger partial charge in [-0.25, -0.2) is 9.59 Å². The fourth-order valence-corrected chi connectivity index (χ4v) is 1.84. The van der Waals surface area contributed by atoms with Crippen molar-refractivity contribution in [3.8, 4) is 5.75 Å². The van der Waals surface area contributed by atoms with Gasteiger partial charge in [-0.05, 0) is 38.5 Å². The molecule has 23 heavy (non-hydrogen) atoms. The molecule has 0 fully saturated rings. The van der Waals surface area contributed by atoms with Gasteiger partial charge in [0.2, 0.25) is 6.10 Å². The number of carbonyl (C=O) groups is 2. The lowest BCUT2D eigenvalue weighted by molar-refractivity contribution is -0.150. The van der Waals surface area contributed by atoms with E-state index in [0.717, 1.165) is 0 Å². The molecule has 1 rings (SSSR count). The SMILES string of the molecule is C=C(C)C(OC(=O)Nc1ccc(Cl)c(OCC)c1)C(=O)OCC. The lowest BCUT2D eigenvalue weighted by Crippen LogP contribution is -2.31. The minimum atomic E-state index is -1.16. The number of nitrogens with one attached hydrogen (secondary N) is 1. The molecule has 0 spiro atoms. The Morgan fingerprint density at radius 3 is 2.57 bits per heavy atom. The first kappa shape index (κ1) is 18.8. The molecule has 126 valence electrons. The summed E-state index contributed by atoms with van der Waals surface area (Å²) in [4.78, 5) is 23.7. The molecule has 7 heteroatoms. The van der Waals surface area contributed by atoms with Crippen LogP contribution in [0.1, 0.15) is 20.8 Å². The summed E-state index contributed by atoms with van der Waals surface area (Å²) in [6.07, 6.45) is -1.97. The van der Waals surface area contributed by atoms with E-state index >= 15 is 0 Å². The average molecular weight is 342 g/mol. The standard InChI is InChI=1S/C16H20ClNO5/c1-5-21-13-9-11(7-8-12(13)17)18-16(20)23-14(10(3)4)15(19)22-6-2/h7-9,14H,3,5-6H2,1-2,4H3,(H,18,20). The fourth-order valence-electron chi connectivity index (χ4n) is 1.67. The first-order chi connectivity index (χ1) is 10.9. The van der Waals surface area contributed by atoms with Gasteiger partial charge in [-0.15, -0.1) is 0 Å². The van der Waals surface area contributed by atoms with Gasteiger partial charge < -0.3 is 14.2 Å². The maximum absolute atomic E-state index is 11.9. The molecule has 1 N–H and O–H groups in total. The van der Waals surface area contributed by atoms with Gasteiger partial charge in [-0.1, -0.05) is 18.2 Å². The van der Waals surface area contributed by atoms with E-state index in [9.17, 15) is 9.59 Å². The van der Waals surface area contributed by atoms with Crippen molar-refractivity contribution in [1.82, 2.24) is 0 Å². The van der Waals surface area contributed by atoms with Crippen molar-refractivity contribution >= 4 is 29.4 Å². The Morgan fingerprint density at radius 2 is 2.00 bits per heavy atom. The second-order valence-corrected chi connectivity index (χ2v) is 4.99. The highest BCUT2D eigenvalue weighted by atomic mass is 35.5. The van der Waals surface area contributed by atoms with Crippen LogP contribution in [-0.2, 0) is 14.3 Å². The smallest absolute Gasteiger partial charge is 0.412 e. The van der Waals surface area contributed by atoms with Gasteiger partial charge in [0, 0.05) is 11.8 Å². The topological polar surface area (TPSA) is 73.9 Å². The van der Waals surface area contributed by atoms with E-state index in [1.165, 1.54) is 0 Å². The Balaban J connectivity index is 2.76. The third-order valence-corrected chi connectivity index (χ3v) is 2.96. The van der Waals surface area contributed by atoms with Crippen LogP contribution in [0.15, 0.2) is 30.4 Å². The molecule has 6 nitrogen and oxygen atoms in total. The Hall–Kier alpha value is -2.21. The molecule has 1 aromatic carbocycles. The average Bonchev–Trinajstić information content (AvgIpc) is 2.48. The molecule has 0 aliphatic heterocycles. The zero-order chi connectivity index (χ0) is 17.4. The lowest BCUT2D eigenvalue weighted by Gasteiger charge is -2.17. The fraction of sp³-hybridized carbons (Fsp3) is 0.375. The number of benzene rings is 1. The number of anilines is 1. The zero-order valence-electron chi connectivity index (χ0n) is 13.3. The summed E-state index contributed by atoms with van der Waals surface area (Å²) in [5, 5.41) is 2.93. The molecule has 1 aromatic rings. The van der Waals surface area contributed by atoms with Crippen LogP contribution in [0.5, 0.6) is 5.75 Å². The highest BCUT2D eigenvalue weighted by molar-refractivity contribution is 6.32. The van der Waals surface area contributed by atoms with E-state index in [0.29, 0.717) is 28.6 Å². The van der Waals surface area contributed by atoms with E-state index < -0.39 is 18.2 Å². The van der Waals surface area contributed by atoms with E-state index in [1.54, 1.807) is 32.0 Å². The number of ether oxygens (including phenoxy) is 3. The van der Waals surface area contributed by atoms with E-state index in [2.05, 4.69) is 11.9 Å². The van der Waals surface area contributed by atoms with Crippen LogP contribution in [0.2, 0.25) is 5.02 Å². The van der Waals surface area contributed by atoms with Gasteiger partial charge in [0.25, 0.3) is 0 Å². The van der Waals surface area contributed by atoms with Gasteiger partial charge in [-0.2, -0.15) is 0 Å². The van der Waals surface area contributed by atoms with Gasteiger partial charge in [-0.3, -0.25) is 5.32 Å². The van der Waals surface area contributed by atoms with Crippen molar-refractivity contribution in [2.45, 2.75) is 26.9 Å². The summed E-state index contributed by atoms with van der Waals surface area (Å²) in [5.74, 6) is -0.227. The van der Waals surface area contributed by atoms with Crippen LogP contribution in [-0.4, -0.2) is 31.4 Å². The van der Waals surface area contributed by atoms with Crippen molar-refractivity contribution in [3.63, 3.8) is 0 Å². The van der Waals surface area contributed by atoms with Gasteiger partial charge in [0.1, 0.15) is 5.75 Å². The maximum Gasteiger partial charge on any atom is 0.412 e. The molecule has 1 atom stereocenters. The summed E-state index contributed by atoms with van der Waals surface area (Å²) in [6, 6.07) is 4.74. The molecular weight excluding hydrogens is 322 g/mol. The second-order valence-electron chi connectivity index (χ2n) is 4.59. The molecule has 0 bridgehead atoms. The summed E-state index contributed by atoms with van der Waals surface area (Å²) in [6.45, 7) is 9.31. The molecular formula is C16H20ClNO5. The highest BCUT2D eigenvalue weighted by Crippen LogP contribution is 2.28. The zero-order valence-corrected chi connectivity index (χ0v) is 14.1. The maximum atomic E-state index is 11.9. The number of esters is 1. The number of hydrogen-bond donors (Lipinski definition) is 1. The minimum Gasteiger partial charge on any atom is -0.492 e. The number of rotatable bonds is 7. The molecule has 0 saturated heterocycles. The number of halogens is 1. The molecule has 1 unspecified atom stereocenters. The first-order valence-corrected chi connectivity index (χ1v) is 7.48.